The Morgan fingerprint density at radius 2 is 2.18 bits per heavy atom. The van der Waals surface area contributed by atoms with Crippen LogP contribution >= 0.6 is 34.5 Å². The SMILES string of the molecule is O=C(Cn1nnc(-c2ccsc2)n1)Nc1cccc(Cl)c1Cl. The highest BCUT2D eigenvalue weighted by molar-refractivity contribution is 7.08. The van der Waals surface area contributed by atoms with Crippen molar-refractivity contribution in [2.75, 3.05) is 5.32 Å². The van der Waals surface area contributed by atoms with Crippen LogP contribution in [0, 0.1) is 0 Å². The van der Waals surface area contributed by atoms with Crippen LogP contribution in [-0.2, 0) is 11.3 Å². The number of carbonyl (C=O) groups is 1. The summed E-state index contributed by atoms with van der Waals surface area (Å²) in [5, 5.41) is 19.1. The third-order valence-corrected chi connectivity index (χ3v) is 4.25. The molecule has 6 nitrogen and oxygen atoms in total. The van der Waals surface area contributed by atoms with E-state index in [0.717, 1.165) is 5.56 Å². The molecule has 0 fully saturated rings. The highest BCUT2D eigenvalue weighted by Gasteiger charge is 2.12. The number of amides is 1. The van der Waals surface area contributed by atoms with Crippen LogP contribution in [0.2, 0.25) is 10.0 Å². The van der Waals surface area contributed by atoms with Crippen LogP contribution in [-0.4, -0.2) is 26.1 Å². The number of nitrogens with zero attached hydrogens (tertiary/aromatic N) is 4. The van der Waals surface area contributed by atoms with Gasteiger partial charge in [0.25, 0.3) is 0 Å². The highest BCUT2D eigenvalue weighted by atomic mass is 35.5. The molecule has 2 aromatic heterocycles. The molecule has 22 heavy (non-hydrogen) atoms. The summed E-state index contributed by atoms with van der Waals surface area (Å²) in [4.78, 5) is 13.2. The summed E-state index contributed by atoms with van der Waals surface area (Å²) in [5.74, 6) is 0.160. The average molecular weight is 354 g/mol. The van der Waals surface area contributed by atoms with Gasteiger partial charge in [0.05, 0.1) is 15.7 Å². The number of halogens is 2. The molecule has 112 valence electrons. The van der Waals surface area contributed by atoms with E-state index in [9.17, 15) is 4.79 Å². The van der Waals surface area contributed by atoms with E-state index >= 15 is 0 Å². The van der Waals surface area contributed by atoms with E-state index in [1.54, 1.807) is 18.2 Å². The van der Waals surface area contributed by atoms with E-state index < -0.39 is 0 Å². The molecule has 0 spiro atoms. The second-order valence-electron chi connectivity index (χ2n) is 4.31. The molecule has 0 atom stereocenters. The first kappa shape index (κ1) is 15.0. The first-order chi connectivity index (χ1) is 10.6. The molecule has 1 aromatic carbocycles. The van der Waals surface area contributed by atoms with E-state index in [4.69, 9.17) is 23.2 Å². The zero-order chi connectivity index (χ0) is 15.5. The van der Waals surface area contributed by atoms with Crippen molar-refractivity contribution < 1.29 is 4.79 Å². The summed E-state index contributed by atoms with van der Waals surface area (Å²) in [6, 6.07) is 6.90. The molecule has 2 heterocycles. The summed E-state index contributed by atoms with van der Waals surface area (Å²) in [6.07, 6.45) is 0. The van der Waals surface area contributed by atoms with Gasteiger partial charge >= 0.3 is 0 Å². The maximum atomic E-state index is 12.0. The van der Waals surface area contributed by atoms with E-state index in [1.807, 2.05) is 16.8 Å². The number of rotatable bonds is 4. The number of nitrogens with one attached hydrogen (secondary N) is 1. The second-order valence-corrected chi connectivity index (χ2v) is 5.87. The molecule has 3 aromatic rings. The van der Waals surface area contributed by atoms with Crippen molar-refractivity contribution in [3.63, 3.8) is 0 Å². The van der Waals surface area contributed by atoms with Crippen molar-refractivity contribution in [3.05, 3.63) is 45.1 Å². The summed E-state index contributed by atoms with van der Waals surface area (Å²) in [6.45, 7) is -0.0695. The number of anilines is 1. The minimum atomic E-state index is -0.321. The minimum Gasteiger partial charge on any atom is -0.323 e. The van der Waals surface area contributed by atoms with E-state index in [-0.39, 0.29) is 12.5 Å². The van der Waals surface area contributed by atoms with Crippen LogP contribution < -0.4 is 5.32 Å². The Kier molecular flexibility index (Phi) is 4.37. The fraction of sp³-hybridized carbons (Fsp3) is 0.0769. The van der Waals surface area contributed by atoms with E-state index in [0.29, 0.717) is 21.6 Å². The van der Waals surface area contributed by atoms with Crippen LogP contribution in [0.5, 0.6) is 0 Å². The van der Waals surface area contributed by atoms with Gasteiger partial charge in [-0.1, -0.05) is 29.3 Å². The number of thiophene rings is 1. The Morgan fingerprint density at radius 1 is 1.32 bits per heavy atom. The summed E-state index contributed by atoms with van der Waals surface area (Å²) in [7, 11) is 0. The normalized spacial score (nSPS) is 10.6. The van der Waals surface area contributed by atoms with Crippen molar-refractivity contribution in [1.29, 1.82) is 0 Å². The Morgan fingerprint density at radius 3 is 2.95 bits per heavy atom. The summed E-state index contributed by atoms with van der Waals surface area (Å²) in [5.41, 5.74) is 1.31. The monoisotopic (exact) mass is 353 g/mol. The zero-order valence-electron chi connectivity index (χ0n) is 11.0. The van der Waals surface area contributed by atoms with Gasteiger partial charge in [-0.3, -0.25) is 4.79 Å². The summed E-state index contributed by atoms with van der Waals surface area (Å²) < 4.78 is 0. The van der Waals surface area contributed by atoms with Gasteiger partial charge in [0.2, 0.25) is 11.7 Å². The average Bonchev–Trinajstić information content (AvgIpc) is 3.14. The van der Waals surface area contributed by atoms with E-state index in [1.165, 1.54) is 16.1 Å². The number of hydrogen-bond acceptors (Lipinski definition) is 5. The maximum absolute atomic E-state index is 12.0. The second kappa shape index (κ2) is 6.43. The molecule has 1 amide bonds. The van der Waals surface area contributed by atoms with Crippen molar-refractivity contribution >= 4 is 46.1 Å². The number of carbonyl (C=O) groups excluding carboxylic acids is 1. The van der Waals surface area contributed by atoms with Gasteiger partial charge in [-0.15, -0.1) is 10.2 Å². The number of hydrogen-bond donors (Lipinski definition) is 1. The van der Waals surface area contributed by atoms with Crippen LogP contribution in [0.15, 0.2) is 35.0 Å². The molecule has 0 saturated heterocycles. The van der Waals surface area contributed by atoms with Crippen LogP contribution in [0.4, 0.5) is 5.69 Å². The molecule has 3 rings (SSSR count). The van der Waals surface area contributed by atoms with Crippen molar-refractivity contribution in [2.24, 2.45) is 0 Å². The van der Waals surface area contributed by atoms with Crippen molar-refractivity contribution in [1.82, 2.24) is 20.2 Å². The lowest BCUT2D eigenvalue weighted by Crippen LogP contribution is -2.20. The van der Waals surface area contributed by atoms with Gasteiger partial charge in [0.1, 0.15) is 6.54 Å². The lowest BCUT2D eigenvalue weighted by Gasteiger charge is -2.07. The lowest BCUT2D eigenvalue weighted by atomic mass is 10.3. The molecular formula is C13H9Cl2N5OS. The van der Waals surface area contributed by atoms with Gasteiger partial charge in [0, 0.05) is 10.9 Å². The Hall–Kier alpha value is -1.96. The molecule has 9 heteroatoms. The summed E-state index contributed by atoms with van der Waals surface area (Å²) >= 11 is 13.5. The molecule has 0 aliphatic heterocycles. The molecule has 0 unspecified atom stereocenters. The van der Waals surface area contributed by atoms with Gasteiger partial charge in [0.15, 0.2) is 0 Å². The van der Waals surface area contributed by atoms with Crippen LogP contribution in [0.25, 0.3) is 11.4 Å². The number of tetrazole rings is 1. The quantitative estimate of drug-likeness (QED) is 0.780. The van der Waals surface area contributed by atoms with Gasteiger partial charge < -0.3 is 5.32 Å². The first-order valence-electron chi connectivity index (χ1n) is 6.18. The molecular weight excluding hydrogens is 345 g/mol. The minimum absolute atomic E-state index is 0.0695. The first-order valence-corrected chi connectivity index (χ1v) is 7.87. The zero-order valence-corrected chi connectivity index (χ0v) is 13.4. The molecule has 0 aliphatic carbocycles. The molecule has 0 bridgehead atoms. The standard InChI is InChI=1S/C13H9Cl2N5OS/c14-9-2-1-3-10(12(9)15)16-11(21)6-20-18-13(17-19-20)8-4-5-22-7-8/h1-5,7H,6H2,(H,16,21). The van der Waals surface area contributed by atoms with Gasteiger partial charge in [-0.05, 0) is 28.8 Å². The molecule has 0 radical (unpaired) electrons. The molecule has 1 N–H and O–H groups in total. The molecule has 0 aliphatic rings. The van der Waals surface area contributed by atoms with Crippen molar-refractivity contribution in [3.8, 4) is 11.4 Å². The molecule has 0 saturated carbocycles. The topological polar surface area (TPSA) is 72.7 Å². The van der Waals surface area contributed by atoms with Crippen LogP contribution in [0.1, 0.15) is 0 Å². The Labute approximate surface area is 139 Å². The predicted octanol–water partition coefficient (Wildman–Crippen LogP) is 3.35. The van der Waals surface area contributed by atoms with Crippen molar-refractivity contribution in [2.45, 2.75) is 6.54 Å². The maximum Gasteiger partial charge on any atom is 0.248 e. The van der Waals surface area contributed by atoms with Gasteiger partial charge in [-0.25, -0.2) is 0 Å². The lowest BCUT2D eigenvalue weighted by molar-refractivity contribution is -0.117. The third-order valence-electron chi connectivity index (χ3n) is 2.74. The number of benzene rings is 1. The Bertz CT molecular complexity index is 803. The van der Waals surface area contributed by atoms with E-state index in [2.05, 4.69) is 20.7 Å². The fourth-order valence-electron chi connectivity index (χ4n) is 1.74. The smallest absolute Gasteiger partial charge is 0.248 e. The highest BCUT2D eigenvalue weighted by Crippen LogP contribution is 2.29. The predicted molar refractivity (Wildman–Crippen MR) is 86.2 cm³/mol. The van der Waals surface area contributed by atoms with Crippen LogP contribution in [0.3, 0.4) is 0 Å². The third kappa shape index (κ3) is 3.27. The number of aromatic nitrogens is 4. The van der Waals surface area contributed by atoms with Gasteiger partial charge in [-0.2, -0.15) is 16.1 Å². The Balaban J connectivity index is 1.68. The largest absolute Gasteiger partial charge is 0.323 e. The fourth-order valence-corrected chi connectivity index (χ4v) is 2.72.